The molecule has 0 spiro atoms. The SMILES string of the molecule is CCC(C)n1ccc(CC(N)c2sccc2Cl)n1. The number of nitrogens with zero attached hydrogens (tertiary/aromatic N) is 2. The Morgan fingerprint density at radius 2 is 2.28 bits per heavy atom. The maximum Gasteiger partial charge on any atom is 0.0643 e. The molecule has 0 bridgehead atoms. The summed E-state index contributed by atoms with van der Waals surface area (Å²) in [5.74, 6) is 0. The monoisotopic (exact) mass is 283 g/mol. The largest absolute Gasteiger partial charge is 0.323 e. The Morgan fingerprint density at radius 3 is 2.89 bits per heavy atom. The van der Waals surface area contributed by atoms with E-state index < -0.39 is 0 Å². The molecule has 2 unspecified atom stereocenters. The van der Waals surface area contributed by atoms with Gasteiger partial charge in [-0.1, -0.05) is 18.5 Å². The van der Waals surface area contributed by atoms with E-state index in [0.717, 1.165) is 28.4 Å². The second-order valence-electron chi connectivity index (χ2n) is 4.49. The molecule has 3 nitrogen and oxygen atoms in total. The molecule has 0 amide bonds. The molecule has 2 rings (SSSR count). The average molecular weight is 284 g/mol. The van der Waals surface area contributed by atoms with Crippen LogP contribution in [0.25, 0.3) is 0 Å². The van der Waals surface area contributed by atoms with Crippen LogP contribution in [0.2, 0.25) is 5.02 Å². The third kappa shape index (κ3) is 2.94. The Hall–Kier alpha value is -0.840. The zero-order chi connectivity index (χ0) is 13.1. The molecule has 0 aromatic carbocycles. The van der Waals surface area contributed by atoms with E-state index in [1.54, 1.807) is 11.3 Å². The lowest BCUT2D eigenvalue weighted by molar-refractivity contribution is 0.472. The van der Waals surface area contributed by atoms with Crippen LogP contribution in [0.3, 0.4) is 0 Å². The predicted molar refractivity (Wildman–Crippen MR) is 77.2 cm³/mol. The van der Waals surface area contributed by atoms with Crippen LogP contribution in [0.15, 0.2) is 23.7 Å². The first-order chi connectivity index (χ1) is 8.61. The third-order valence-corrected chi connectivity index (χ3v) is 4.61. The summed E-state index contributed by atoms with van der Waals surface area (Å²) < 4.78 is 2.00. The number of thiophene rings is 1. The van der Waals surface area contributed by atoms with Crippen molar-refractivity contribution >= 4 is 22.9 Å². The quantitative estimate of drug-likeness (QED) is 0.907. The molecule has 0 aliphatic rings. The third-order valence-electron chi connectivity index (χ3n) is 3.12. The smallest absolute Gasteiger partial charge is 0.0643 e. The molecule has 0 aliphatic heterocycles. The second kappa shape index (κ2) is 5.87. The van der Waals surface area contributed by atoms with Gasteiger partial charge in [-0.25, -0.2) is 0 Å². The number of halogens is 1. The summed E-state index contributed by atoms with van der Waals surface area (Å²) >= 11 is 7.69. The zero-order valence-electron chi connectivity index (χ0n) is 10.6. The van der Waals surface area contributed by atoms with Gasteiger partial charge >= 0.3 is 0 Å². The summed E-state index contributed by atoms with van der Waals surface area (Å²) in [6, 6.07) is 4.28. The molecule has 2 heterocycles. The summed E-state index contributed by atoms with van der Waals surface area (Å²) in [6.07, 6.45) is 3.82. The number of aromatic nitrogens is 2. The zero-order valence-corrected chi connectivity index (χ0v) is 12.2. The molecule has 5 heteroatoms. The molecule has 0 radical (unpaired) electrons. The molecule has 0 fully saturated rings. The van der Waals surface area contributed by atoms with Crippen LogP contribution in [0.5, 0.6) is 0 Å². The lowest BCUT2D eigenvalue weighted by atomic mass is 10.1. The number of hydrogen-bond acceptors (Lipinski definition) is 3. The molecule has 98 valence electrons. The van der Waals surface area contributed by atoms with Crippen LogP contribution in [0.1, 0.15) is 42.9 Å². The van der Waals surface area contributed by atoms with Gasteiger partial charge in [0.15, 0.2) is 0 Å². The van der Waals surface area contributed by atoms with E-state index >= 15 is 0 Å². The van der Waals surface area contributed by atoms with Crippen molar-refractivity contribution in [2.75, 3.05) is 0 Å². The predicted octanol–water partition coefficient (Wildman–Crippen LogP) is 3.81. The van der Waals surface area contributed by atoms with Crippen molar-refractivity contribution in [3.8, 4) is 0 Å². The number of hydrogen-bond donors (Lipinski definition) is 1. The Labute approximate surface area is 117 Å². The second-order valence-corrected chi connectivity index (χ2v) is 5.84. The molecular weight excluding hydrogens is 266 g/mol. The Kier molecular flexibility index (Phi) is 4.43. The van der Waals surface area contributed by atoms with E-state index in [2.05, 4.69) is 18.9 Å². The van der Waals surface area contributed by atoms with Crippen LogP contribution < -0.4 is 5.73 Å². The maximum atomic E-state index is 6.17. The minimum Gasteiger partial charge on any atom is -0.323 e. The molecule has 0 aliphatic carbocycles. The van der Waals surface area contributed by atoms with Gasteiger partial charge in [0, 0.05) is 29.6 Å². The highest BCUT2D eigenvalue weighted by atomic mass is 35.5. The normalized spacial score (nSPS) is 14.7. The van der Waals surface area contributed by atoms with Crippen LogP contribution in [0, 0.1) is 0 Å². The van der Waals surface area contributed by atoms with Crippen molar-refractivity contribution in [3.05, 3.63) is 39.3 Å². The van der Waals surface area contributed by atoms with Crippen molar-refractivity contribution in [1.29, 1.82) is 0 Å². The van der Waals surface area contributed by atoms with Gasteiger partial charge in [-0.3, -0.25) is 4.68 Å². The van der Waals surface area contributed by atoms with Gasteiger partial charge < -0.3 is 5.73 Å². The van der Waals surface area contributed by atoms with Gasteiger partial charge in [0.05, 0.1) is 10.7 Å². The van der Waals surface area contributed by atoms with Gasteiger partial charge in [0.25, 0.3) is 0 Å². The summed E-state index contributed by atoms with van der Waals surface area (Å²) in [5, 5.41) is 7.28. The topological polar surface area (TPSA) is 43.8 Å². The standard InChI is InChI=1S/C13H18ClN3S/c1-3-9(2)17-6-4-10(16-17)8-12(15)13-11(14)5-7-18-13/h4-7,9,12H,3,8,15H2,1-2H3. The molecule has 2 aromatic heterocycles. The van der Waals surface area contributed by atoms with E-state index in [1.165, 1.54) is 0 Å². The van der Waals surface area contributed by atoms with Crippen LogP contribution in [-0.2, 0) is 6.42 Å². The lowest BCUT2D eigenvalue weighted by Crippen LogP contribution is -2.13. The van der Waals surface area contributed by atoms with Crippen molar-refractivity contribution in [1.82, 2.24) is 9.78 Å². The fraction of sp³-hybridized carbons (Fsp3) is 0.462. The fourth-order valence-electron chi connectivity index (χ4n) is 1.81. The van der Waals surface area contributed by atoms with Crippen LogP contribution in [0.4, 0.5) is 0 Å². The van der Waals surface area contributed by atoms with E-state index in [-0.39, 0.29) is 6.04 Å². The summed E-state index contributed by atoms with van der Waals surface area (Å²) in [7, 11) is 0. The molecule has 2 atom stereocenters. The molecule has 0 saturated carbocycles. The van der Waals surface area contributed by atoms with E-state index in [0.29, 0.717) is 6.04 Å². The molecule has 18 heavy (non-hydrogen) atoms. The first-order valence-electron chi connectivity index (χ1n) is 6.14. The first kappa shape index (κ1) is 13.6. The first-order valence-corrected chi connectivity index (χ1v) is 7.40. The van der Waals surface area contributed by atoms with Crippen molar-refractivity contribution in [3.63, 3.8) is 0 Å². The number of nitrogens with two attached hydrogens (primary N) is 1. The summed E-state index contributed by atoms with van der Waals surface area (Å²) in [5.41, 5.74) is 7.19. The number of rotatable bonds is 5. The van der Waals surface area contributed by atoms with Gasteiger partial charge in [-0.15, -0.1) is 11.3 Å². The van der Waals surface area contributed by atoms with Gasteiger partial charge in [-0.05, 0) is 30.9 Å². The highest BCUT2D eigenvalue weighted by molar-refractivity contribution is 7.10. The summed E-state index contributed by atoms with van der Waals surface area (Å²) in [6.45, 7) is 4.32. The lowest BCUT2D eigenvalue weighted by Gasteiger charge is -2.10. The molecular formula is C13H18ClN3S. The Morgan fingerprint density at radius 1 is 1.50 bits per heavy atom. The Bertz CT molecular complexity index is 506. The van der Waals surface area contributed by atoms with E-state index in [1.807, 2.05) is 28.4 Å². The Balaban J connectivity index is 2.06. The fourth-order valence-corrected chi connectivity index (χ4v) is 3.01. The van der Waals surface area contributed by atoms with Crippen LogP contribution in [-0.4, -0.2) is 9.78 Å². The van der Waals surface area contributed by atoms with Gasteiger partial charge in [0.2, 0.25) is 0 Å². The minimum atomic E-state index is -0.0715. The molecule has 2 N–H and O–H groups in total. The summed E-state index contributed by atoms with van der Waals surface area (Å²) in [4.78, 5) is 1.04. The average Bonchev–Trinajstić information content (AvgIpc) is 2.97. The minimum absolute atomic E-state index is 0.0715. The highest BCUT2D eigenvalue weighted by Crippen LogP contribution is 2.29. The highest BCUT2D eigenvalue weighted by Gasteiger charge is 2.14. The van der Waals surface area contributed by atoms with Crippen molar-refractivity contribution in [2.24, 2.45) is 5.73 Å². The van der Waals surface area contributed by atoms with Crippen molar-refractivity contribution < 1.29 is 0 Å². The molecule has 0 saturated heterocycles. The van der Waals surface area contributed by atoms with Gasteiger partial charge in [-0.2, -0.15) is 5.10 Å². The maximum absolute atomic E-state index is 6.17. The van der Waals surface area contributed by atoms with Crippen LogP contribution >= 0.6 is 22.9 Å². The molecule has 2 aromatic rings. The van der Waals surface area contributed by atoms with E-state index in [9.17, 15) is 0 Å². The van der Waals surface area contributed by atoms with E-state index in [4.69, 9.17) is 17.3 Å². The van der Waals surface area contributed by atoms with Gasteiger partial charge in [0.1, 0.15) is 0 Å². The van der Waals surface area contributed by atoms with Crippen molar-refractivity contribution in [2.45, 2.75) is 38.8 Å².